The maximum atomic E-state index is 8.83. The Morgan fingerprint density at radius 1 is 1.00 bits per heavy atom. The molecular weight excluding hydrogens is 162 g/mol. The van der Waals surface area contributed by atoms with Gasteiger partial charge in [0.2, 0.25) is 0 Å². The average Bonchev–Trinajstić information content (AvgIpc) is 2.14. The molecule has 2 bridgehead atoms. The van der Waals surface area contributed by atoms with E-state index in [9.17, 15) is 0 Å². The van der Waals surface area contributed by atoms with Gasteiger partial charge in [0.05, 0.1) is 0 Å². The highest BCUT2D eigenvalue weighted by Crippen LogP contribution is 2.33. The van der Waals surface area contributed by atoms with Crippen LogP contribution < -0.4 is 0 Å². The largest absolute Gasteiger partial charge is 0.396 e. The molecule has 2 rings (SSSR count). The van der Waals surface area contributed by atoms with Crippen molar-refractivity contribution in [1.82, 2.24) is 4.90 Å². The molecule has 2 saturated heterocycles. The molecule has 0 amide bonds. The van der Waals surface area contributed by atoms with Crippen LogP contribution in [-0.4, -0.2) is 35.2 Å². The molecule has 13 heavy (non-hydrogen) atoms. The highest BCUT2D eigenvalue weighted by atomic mass is 16.3. The monoisotopic (exact) mass is 183 g/mol. The van der Waals surface area contributed by atoms with Gasteiger partial charge in [0, 0.05) is 25.2 Å². The second-order valence-electron chi connectivity index (χ2n) is 4.48. The fourth-order valence-corrected chi connectivity index (χ4v) is 3.05. The number of fused-ring (bicyclic) bond motifs is 2. The third-order valence-electron chi connectivity index (χ3n) is 3.66. The van der Waals surface area contributed by atoms with E-state index in [1.165, 1.54) is 38.5 Å². The Morgan fingerprint density at radius 3 is 2.00 bits per heavy atom. The number of nitrogens with zero attached hydrogens (tertiary/aromatic N) is 1. The van der Waals surface area contributed by atoms with Crippen molar-refractivity contribution >= 4 is 0 Å². The standard InChI is InChI=1S/C11H21NO/c13-9-3-8-12-10-4-1-5-11(12)7-2-6-10/h10-11,13H,1-9H2. The molecule has 2 heteroatoms. The molecule has 0 radical (unpaired) electrons. The first-order chi connectivity index (χ1) is 6.42. The maximum Gasteiger partial charge on any atom is 0.0443 e. The second-order valence-corrected chi connectivity index (χ2v) is 4.48. The van der Waals surface area contributed by atoms with Crippen LogP contribution in [0, 0.1) is 0 Å². The summed E-state index contributed by atoms with van der Waals surface area (Å²) in [6.07, 6.45) is 9.45. The van der Waals surface area contributed by atoms with Gasteiger partial charge >= 0.3 is 0 Å². The molecule has 0 aromatic rings. The SMILES string of the molecule is OCCCN1C2CCCC1CCC2. The number of aliphatic hydroxyl groups excluding tert-OH is 1. The van der Waals surface area contributed by atoms with Crippen LogP contribution in [0.25, 0.3) is 0 Å². The van der Waals surface area contributed by atoms with Crippen molar-refractivity contribution in [2.75, 3.05) is 13.2 Å². The van der Waals surface area contributed by atoms with Crippen LogP contribution in [0.5, 0.6) is 0 Å². The van der Waals surface area contributed by atoms with Gasteiger partial charge in [-0.1, -0.05) is 12.8 Å². The zero-order chi connectivity index (χ0) is 9.10. The lowest BCUT2D eigenvalue weighted by atomic mass is 9.84. The third kappa shape index (κ3) is 2.05. The van der Waals surface area contributed by atoms with Gasteiger partial charge in [0.15, 0.2) is 0 Å². The van der Waals surface area contributed by atoms with E-state index in [-0.39, 0.29) is 0 Å². The molecule has 76 valence electrons. The minimum absolute atomic E-state index is 0.357. The number of aliphatic hydroxyl groups is 1. The highest BCUT2D eigenvalue weighted by Gasteiger charge is 2.32. The molecule has 2 heterocycles. The normalized spacial score (nSPS) is 34.8. The molecule has 2 fully saturated rings. The first kappa shape index (κ1) is 9.47. The number of hydrogen-bond acceptors (Lipinski definition) is 2. The van der Waals surface area contributed by atoms with Crippen molar-refractivity contribution in [3.63, 3.8) is 0 Å². The molecule has 1 N–H and O–H groups in total. The summed E-state index contributed by atoms with van der Waals surface area (Å²) in [6.45, 7) is 1.49. The van der Waals surface area contributed by atoms with Gasteiger partial charge in [0.25, 0.3) is 0 Å². The van der Waals surface area contributed by atoms with Gasteiger partial charge in [0.1, 0.15) is 0 Å². The number of rotatable bonds is 3. The molecule has 0 atom stereocenters. The Labute approximate surface area is 80.9 Å². The van der Waals surface area contributed by atoms with E-state index >= 15 is 0 Å². The van der Waals surface area contributed by atoms with Crippen LogP contribution in [0.1, 0.15) is 44.9 Å². The summed E-state index contributed by atoms with van der Waals surface area (Å²) in [5, 5.41) is 8.83. The zero-order valence-corrected chi connectivity index (χ0v) is 8.41. The number of hydrogen-bond donors (Lipinski definition) is 1. The van der Waals surface area contributed by atoms with Crippen molar-refractivity contribution in [1.29, 1.82) is 0 Å². The van der Waals surface area contributed by atoms with E-state index in [0.29, 0.717) is 6.61 Å². The van der Waals surface area contributed by atoms with Crippen molar-refractivity contribution in [3.05, 3.63) is 0 Å². The molecule has 0 spiro atoms. The predicted molar refractivity (Wildman–Crippen MR) is 53.7 cm³/mol. The average molecular weight is 183 g/mol. The van der Waals surface area contributed by atoms with E-state index < -0.39 is 0 Å². The molecule has 0 aromatic carbocycles. The first-order valence-electron chi connectivity index (χ1n) is 5.78. The van der Waals surface area contributed by atoms with Crippen LogP contribution in [-0.2, 0) is 0 Å². The van der Waals surface area contributed by atoms with Gasteiger partial charge in [-0.25, -0.2) is 0 Å². The predicted octanol–water partition coefficient (Wildman–Crippen LogP) is 1.78. The molecule has 0 unspecified atom stereocenters. The molecular formula is C11H21NO. The summed E-state index contributed by atoms with van der Waals surface area (Å²) < 4.78 is 0. The quantitative estimate of drug-likeness (QED) is 0.721. The fourth-order valence-electron chi connectivity index (χ4n) is 3.05. The molecule has 0 saturated carbocycles. The lowest BCUT2D eigenvalue weighted by Gasteiger charge is -2.46. The maximum absolute atomic E-state index is 8.83. The van der Waals surface area contributed by atoms with Crippen LogP contribution in [0.15, 0.2) is 0 Å². The Bertz CT molecular complexity index is 138. The summed E-state index contributed by atoms with van der Waals surface area (Å²) in [7, 11) is 0. The van der Waals surface area contributed by atoms with Crippen molar-refractivity contribution in [2.45, 2.75) is 57.0 Å². The van der Waals surface area contributed by atoms with Crippen molar-refractivity contribution < 1.29 is 5.11 Å². The summed E-state index contributed by atoms with van der Waals surface area (Å²) in [5.74, 6) is 0. The Morgan fingerprint density at radius 2 is 1.54 bits per heavy atom. The summed E-state index contributed by atoms with van der Waals surface area (Å²) in [6, 6.07) is 1.72. The van der Waals surface area contributed by atoms with E-state index in [1.807, 2.05) is 0 Å². The van der Waals surface area contributed by atoms with Gasteiger partial charge in [-0.15, -0.1) is 0 Å². The van der Waals surface area contributed by atoms with E-state index in [1.54, 1.807) is 0 Å². The topological polar surface area (TPSA) is 23.5 Å². The summed E-state index contributed by atoms with van der Waals surface area (Å²) >= 11 is 0. The Kier molecular flexibility index (Phi) is 3.23. The van der Waals surface area contributed by atoms with Gasteiger partial charge < -0.3 is 5.11 Å². The molecule has 2 nitrogen and oxygen atoms in total. The second kappa shape index (κ2) is 4.43. The smallest absolute Gasteiger partial charge is 0.0443 e. The molecule has 2 aliphatic rings. The third-order valence-corrected chi connectivity index (χ3v) is 3.66. The minimum atomic E-state index is 0.357. The first-order valence-corrected chi connectivity index (χ1v) is 5.78. The lowest BCUT2D eigenvalue weighted by molar-refractivity contribution is 0.0355. The van der Waals surface area contributed by atoms with E-state index in [0.717, 1.165) is 25.0 Å². The minimum Gasteiger partial charge on any atom is -0.396 e. The van der Waals surface area contributed by atoms with Crippen LogP contribution in [0.3, 0.4) is 0 Å². The zero-order valence-electron chi connectivity index (χ0n) is 8.41. The van der Waals surface area contributed by atoms with Crippen LogP contribution in [0.4, 0.5) is 0 Å². The van der Waals surface area contributed by atoms with E-state index in [4.69, 9.17) is 5.11 Å². The lowest BCUT2D eigenvalue weighted by Crippen LogP contribution is -2.50. The molecule has 0 aromatic heterocycles. The Hall–Kier alpha value is -0.0800. The van der Waals surface area contributed by atoms with Crippen LogP contribution in [0.2, 0.25) is 0 Å². The number of piperidine rings is 2. The molecule has 2 aliphatic heterocycles. The fraction of sp³-hybridized carbons (Fsp3) is 1.00. The summed E-state index contributed by atoms with van der Waals surface area (Å²) in [5.41, 5.74) is 0. The van der Waals surface area contributed by atoms with E-state index in [2.05, 4.69) is 4.90 Å². The molecule has 0 aliphatic carbocycles. The van der Waals surface area contributed by atoms with Gasteiger partial charge in [-0.2, -0.15) is 0 Å². The van der Waals surface area contributed by atoms with Gasteiger partial charge in [-0.05, 0) is 32.1 Å². The summed E-state index contributed by atoms with van der Waals surface area (Å²) in [4.78, 5) is 2.67. The van der Waals surface area contributed by atoms with Crippen molar-refractivity contribution in [3.8, 4) is 0 Å². The van der Waals surface area contributed by atoms with Gasteiger partial charge in [-0.3, -0.25) is 4.90 Å². The van der Waals surface area contributed by atoms with Crippen LogP contribution >= 0.6 is 0 Å². The van der Waals surface area contributed by atoms with Crippen molar-refractivity contribution in [2.24, 2.45) is 0 Å². The Balaban J connectivity index is 1.90. The highest BCUT2D eigenvalue weighted by molar-refractivity contribution is 4.88.